The van der Waals surface area contributed by atoms with Gasteiger partial charge in [0.15, 0.2) is 0 Å². The number of amides is 1. The predicted molar refractivity (Wildman–Crippen MR) is 89.1 cm³/mol. The lowest BCUT2D eigenvalue weighted by Crippen LogP contribution is -2.28. The second-order valence-corrected chi connectivity index (χ2v) is 5.65. The Kier molecular flexibility index (Phi) is 5.84. The molecule has 0 fully saturated rings. The Morgan fingerprint density at radius 1 is 1.18 bits per heavy atom. The minimum Gasteiger partial charge on any atom is -0.508 e. The van der Waals surface area contributed by atoms with E-state index < -0.39 is 0 Å². The van der Waals surface area contributed by atoms with E-state index >= 15 is 0 Å². The molecule has 116 valence electrons. The van der Waals surface area contributed by atoms with Crippen LogP contribution in [0.2, 0.25) is 5.02 Å². The average Bonchev–Trinajstić information content (AvgIpc) is 2.53. The standard InChI is InChI=1S/C18H20ClNO2/c1-2-16(13-7-10-15(19)11-8-13)20-18(22)12-9-14-5-3-4-6-17(14)21/h3-8,10-11,16,21H,2,9,12H2,1H3,(H,20,22). The van der Waals surface area contributed by atoms with Gasteiger partial charge in [0.1, 0.15) is 5.75 Å². The van der Waals surface area contributed by atoms with Crippen LogP contribution in [-0.4, -0.2) is 11.0 Å². The highest BCUT2D eigenvalue weighted by Crippen LogP contribution is 2.20. The topological polar surface area (TPSA) is 49.3 Å². The van der Waals surface area contributed by atoms with Crippen molar-refractivity contribution in [1.82, 2.24) is 5.32 Å². The van der Waals surface area contributed by atoms with Gasteiger partial charge < -0.3 is 10.4 Å². The molecule has 2 aromatic carbocycles. The molecule has 3 nitrogen and oxygen atoms in total. The van der Waals surface area contributed by atoms with Gasteiger partial charge in [-0.25, -0.2) is 0 Å². The second-order valence-electron chi connectivity index (χ2n) is 5.21. The smallest absolute Gasteiger partial charge is 0.220 e. The van der Waals surface area contributed by atoms with Gasteiger partial charge in [0.25, 0.3) is 0 Å². The van der Waals surface area contributed by atoms with Crippen LogP contribution in [0.5, 0.6) is 5.75 Å². The van der Waals surface area contributed by atoms with Gasteiger partial charge >= 0.3 is 0 Å². The van der Waals surface area contributed by atoms with Gasteiger partial charge in [0.2, 0.25) is 5.91 Å². The van der Waals surface area contributed by atoms with Crippen molar-refractivity contribution in [2.24, 2.45) is 0 Å². The summed E-state index contributed by atoms with van der Waals surface area (Å²) in [5.41, 5.74) is 1.83. The number of phenols is 1. The van der Waals surface area contributed by atoms with Crippen LogP contribution in [-0.2, 0) is 11.2 Å². The Bertz CT molecular complexity index is 625. The molecular formula is C18H20ClNO2. The number of aromatic hydroxyl groups is 1. The summed E-state index contributed by atoms with van der Waals surface area (Å²) in [4.78, 5) is 12.1. The van der Waals surface area contributed by atoms with E-state index in [1.165, 1.54) is 0 Å². The molecule has 0 bridgehead atoms. The van der Waals surface area contributed by atoms with Crippen LogP contribution in [0, 0.1) is 0 Å². The predicted octanol–water partition coefficient (Wildman–Crippen LogP) is 4.25. The van der Waals surface area contributed by atoms with Gasteiger partial charge in [0, 0.05) is 11.4 Å². The Hall–Kier alpha value is -2.00. The van der Waals surface area contributed by atoms with Crippen molar-refractivity contribution >= 4 is 17.5 Å². The van der Waals surface area contributed by atoms with Crippen LogP contribution in [0.25, 0.3) is 0 Å². The molecule has 22 heavy (non-hydrogen) atoms. The molecule has 0 radical (unpaired) electrons. The number of benzene rings is 2. The highest BCUT2D eigenvalue weighted by atomic mass is 35.5. The molecule has 4 heteroatoms. The Balaban J connectivity index is 1.92. The normalized spacial score (nSPS) is 11.9. The molecule has 2 N–H and O–H groups in total. The summed E-state index contributed by atoms with van der Waals surface area (Å²) in [7, 11) is 0. The number of rotatable bonds is 6. The number of hydrogen-bond donors (Lipinski definition) is 2. The van der Waals surface area contributed by atoms with Crippen molar-refractivity contribution in [3.05, 3.63) is 64.7 Å². The lowest BCUT2D eigenvalue weighted by Gasteiger charge is -2.17. The first-order valence-electron chi connectivity index (χ1n) is 7.42. The van der Waals surface area contributed by atoms with Crippen molar-refractivity contribution < 1.29 is 9.90 Å². The molecule has 0 heterocycles. The highest BCUT2D eigenvalue weighted by molar-refractivity contribution is 6.30. The number of carbonyl (C=O) groups is 1. The molecule has 0 aromatic heterocycles. The van der Waals surface area contributed by atoms with Crippen molar-refractivity contribution in [2.75, 3.05) is 0 Å². The lowest BCUT2D eigenvalue weighted by molar-refractivity contribution is -0.121. The van der Waals surface area contributed by atoms with Crippen molar-refractivity contribution in [3.63, 3.8) is 0 Å². The molecule has 0 saturated carbocycles. The molecule has 2 aromatic rings. The summed E-state index contributed by atoms with van der Waals surface area (Å²) in [6.07, 6.45) is 1.68. The molecule has 0 aliphatic rings. The first-order chi connectivity index (χ1) is 10.6. The zero-order valence-electron chi connectivity index (χ0n) is 12.6. The third-order valence-electron chi connectivity index (χ3n) is 3.63. The summed E-state index contributed by atoms with van der Waals surface area (Å²) in [6, 6.07) is 14.6. The number of phenolic OH excluding ortho intramolecular Hbond substituents is 1. The van der Waals surface area contributed by atoms with E-state index in [0.717, 1.165) is 17.5 Å². The van der Waals surface area contributed by atoms with E-state index in [9.17, 15) is 9.90 Å². The van der Waals surface area contributed by atoms with Gasteiger partial charge in [-0.1, -0.05) is 48.9 Å². The zero-order chi connectivity index (χ0) is 15.9. The molecule has 0 aliphatic carbocycles. The van der Waals surface area contributed by atoms with Gasteiger partial charge in [0.05, 0.1) is 6.04 Å². The Labute approximate surface area is 135 Å². The fourth-order valence-corrected chi connectivity index (χ4v) is 2.48. The van der Waals surface area contributed by atoms with E-state index in [4.69, 9.17) is 11.6 Å². The molecule has 1 atom stereocenters. The summed E-state index contributed by atoms with van der Waals surface area (Å²) < 4.78 is 0. The number of aryl methyl sites for hydroxylation is 1. The van der Waals surface area contributed by atoms with Crippen LogP contribution < -0.4 is 5.32 Å². The SMILES string of the molecule is CCC(NC(=O)CCc1ccccc1O)c1ccc(Cl)cc1. The fourth-order valence-electron chi connectivity index (χ4n) is 2.35. The molecule has 2 rings (SSSR count). The maximum absolute atomic E-state index is 12.1. The number of carbonyl (C=O) groups excluding carboxylic acids is 1. The van der Waals surface area contributed by atoms with E-state index in [-0.39, 0.29) is 17.7 Å². The molecule has 1 unspecified atom stereocenters. The van der Waals surface area contributed by atoms with Crippen LogP contribution in [0.4, 0.5) is 0 Å². The number of nitrogens with one attached hydrogen (secondary N) is 1. The first kappa shape index (κ1) is 16.4. The monoisotopic (exact) mass is 317 g/mol. The van der Waals surface area contributed by atoms with Gasteiger partial charge in [-0.05, 0) is 42.2 Å². The number of hydrogen-bond acceptors (Lipinski definition) is 2. The first-order valence-corrected chi connectivity index (χ1v) is 7.79. The fraction of sp³-hybridized carbons (Fsp3) is 0.278. The minimum atomic E-state index is -0.0231. The van der Waals surface area contributed by atoms with E-state index in [2.05, 4.69) is 5.32 Å². The van der Waals surface area contributed by atoms with Crippen molar-refractivity contribution in [1.29, 1.82) is 0 Å². The summed E-state index contributed by atoms with van der Waals surface area (Å²) in [5.74, 6) is 0.213. The highest BCUT2D eigenvalue weighted by Gasteiger charge is 2.13. The van der Waals surface area contributed by atoms with Crippen molar-refractivity contribution in [2.45, 2.75) is 32.2 Å². The lowest BCUT2D eigenvalue weighted by atomic mass is 10.0. The van der Waals surface area contributed by atoms with Crippen LogP contribution >= 0.6 is 11.6 Å². The maximum Gasteiger partial charge on any atom is 0.220 e. The molecule has 1 amide bonds. The molecule has 0 aliphatic heterocycles. The molecule has 0 spiro atoms. The van der Waals surface area contributed by atoms with Gasteiger partial charge in [-0.2, -0.15) is 0 Å². The maximum atomic E-state index is 12.1. The van der Waals surface area contributed by atoms with Crippen LogP contribution in [0.1, 0.15) is 36.9 Å². The van der Waals surface area contributed by atoms with Crippen molar-refractivity contribution in [3.8, 4) is 5.75 Å². The Morgan fingerprint density at radius 3 is 2.50 bits per heavy atom. The third kappa shape index (κ3) is 4.50. The van der Waals surface area contributed by atoms with Gasteiger partial charge in [-0.3, -0.25) is 4.79 Å². The third-order valence-corrected chi connectivity index (χ3v) is 3.88. The van der Waals surface area contributed by atoms with Gasteiger partial charge in [-0.15, -0.1) is 0 Å². The van der Waals surface area contributed by atoms with Crippen LogP contribution in [0.15, 0.2) is 48.5 Å². The van der Waals surface area contributed by atoms with E-state index in [0.29, 0.717) is 17.9 Å². The summed E-state index contributed by atoms with van der Waals surface area (Å²) in [6.45, 7) is 2.03. The van der Waals surface area contributed by atoms with E-state index in [1.807, 2.05) is 43.3 Å². The summed E-state index contributed by atoms with van der Waals surface area (Å²) in [5, 5.41) is 13.4. The van der Waals surface area contributed by atoms with E-state index in [1.54, 1.807) is 12.1 Å². The largest absolute Gasteiger partial charge is 0.508 e. The number of para-hydroxylation sites is 1. The molecule has 0 saturated heterocycles. The zero-order valence-corrected chi connectivity index (χ0v) is 13.3. The minimum absolute atomic E-state index is 0.0193. The Morgan fingerprint density at radius 2 is 1.86 bits per heavy atom. The second kappa shape index (κ2) is 7.85. The van der Waals surface area contributed by atoms with Crippen LogP contribution in [0.3, 0.4) is 0 Å². The molecular weight excluding hydrogens is 298 g/mol. The average molecular weight is 318 g/mol. The number of halogens is 1. The quantitative estimate of drug-likeness (QED) is 0.837. The summed E-state index contributed by atoms with van der Waals surface area (Å²) >= 11 is 5.89.